The van der Waals surface area contributed by atoms with E-state index in [-0.39, 0.29) is 5.91 Å². The number of carboxylic acids is 2. The van der Waals surface area contributed by atoms with E-state index < -0.39 is 11.9 Å². The van der Waals surface area contributed by atoms with Crippen LogP contribution >= 0.6 is 0 Å². The van der Waals surface area contributed by atoms with E-state index in [1.54, 1.807) is 0 Å². The van der Waals surface area contributed by atoms with Gasteiger partial charge in [-0.25, -0.2) is 9.59 Å². The van der Waals surface area contributed by atoms with Crippen LogP contribution in [0, 0.1) is 0 Å². The number of hydrogen-bond acceptors (Lipinski definition) is 6. The number of fused-ring (bicyclic) bond motifs is 1. The van der Waals surface area contributed by atoms with Crippen molar-refractivity contribution in [2.75, 3.05) is 51.3 Å². The summed E-state index contributed by atoms with van der Waals surface area (Å²) in [6.45, 7) is 5.65. The van der Waals surface area contributed by atoms with Crippen molar-refractivity contribution in [2.45, 2.75) is 0 Å². The zero-order chi connectivity index (χ0) is 21.1. The molecule has 0 spiro atoms. The van der Waals surface area contributed by atoms with Gasteiger partial charge in [0.25, 0.3) is 0 Å². The molecule has 0 saturated carbocycles. The van der Waals surface area contributed by atoms with Crippen LogP contribution in [0.5, 0.6) is 0 Å². The Bertz CT molecular complexity index is 819. The van der Waals surface area contributed by atoms with Crippen molar-refractivity contribution in [1.82, 2.24) is 10.2 Å². The summed E-state index contributed by atoms with van der Waals surface area (Å²) in [6.07, 6.45) is 0. The predicted octanol–water partition coefficient (Wildman–Crippen LogP) is 0.856. The lowest BCUT2D eigenvalue weighted by atomic mass is 10.1. The Labute approximate surface area is 168 Å². The summed E-state index contributed by atoms with van der Waals surface area (Å²) in [5, 5.41) is 23.2. The van der Waals surface area contributed by atoms with Crippen molar-refractivity contribution in [3.63, 3.8) is 0 Å². The van der Waals surface area contributed by atoms with Gasteiger partial charge in [0.1, 0.15) is 0 Å². The number of nitrogens with one attached hydrogen (secondary N) is 2. The Morgan fingerprint density at radius 1 is 0.966 bits per heavy atom. The maximum Gasteiger partial charge on any atom is 0.414 e. The molecule has 0 radical (unpaired) electrons. The number of aliphatic carboxylic acids is 2. The fourth-order valence-corrected chi connectivity index (χ4v) is 2.79. The van der Waals surface area contributed by atoms with Crippen molar-refractivity contribution in [1.29, 1.82) is 0 Å². The quantitative estimate of drug-likeness (QED) is 0.413. The molecule has 9 nitrogen and oxygen atoms in total. The van der Waals surface area contributed by atoms with Crippen molar-refractivity contribution < 1.29 is 29.3 Å². The molecule has 1 aliphatic rings. The lowest BCUT2D eigenvalue weighted by Crippen LogP contribution is -2.41. The predicted molar refractivity (Wildman–Crippen MR) is 108 cm³/mol. The first-order valence-corrected chi connectivity index (χ1v) is 9.22. The largest absolute Gasteiger partial charge is 0.473 e. The number of amides is 1. The molecule has 3 rings (SSSR count). The number of benzene rings is 2. The molecule has 2 aromatic carbocycles. The topological polar surface area (TPSA) is 128 Å². The molecule has 4 N–H and O–H groups in total. The van der Waals surface area contributed by atoms with Gasteiger partial charge in [-0.05, 0) is 11.5 Å². The van der Waals surface area contributed by atoms with Crippen molar-refractivity contribution in [3.8, 4) is 0 Å². The third-order valence-electron chi connectivity index (χ3n) is 4.24. The number of anilines is 1. The zero-order valence-electron chi connectivity index (χ0n) is 16.0. The minimum Gasteiger partial charge on any atom is -0.473 e. The van der Waals surface area contributed by atoms with Crippen LogP contribution in [-0.4, -0.2) is 78.9 Å². The smallest absolute Gasteiger partial charge is 0.414 e. The van der Waals surface area contributed by atoms with Crippen LogP contribution in [0.15, 0.2) is 42.5 Å². The van der Waals surface area contributed by atoms with E-state index in [0.717, 1.165) is 55.9 Å². The van der Waals surface area contributed by atoms with Crippen molar-refractivity contribution in [3.05, 3.63) is 42.5 Å². The fourth-order valence-electron chi connectivity index (χ4n) is 2.79. The molecule has 29 heavy (non-hydrogen) atoms. The Kier molecular flexibility index (Phi) is 9.03. The minimum absolute atomic E-state index is 0.0108. The van der Waals surface area contributed by atoms with E-state index >= 15 is 0 Å². The lowest BCUT2D eigenvalue weighted by Gasteiger charge is -2.26. The van der Waals surface area contributed by atoms with Crippen LogP contribution in [0.4, 0.5) is 5.69 Å². The highest BCUT2D eigenvalue weighted by atomic mass is 16.5. The number of morpholine rings is 1. The van der Waals surface area contributed by atoms with Crippen LogP contribution in [0.3, 0.4) is 0 Å². The summed E-state index contributed by atoms with van der Waals surface area (Å²) in [7, 11) is 0. The standard InChI is InChI=1S/C18H23N3O2.C2H2O4/c22-18(14-19-8-9-21-10-12-23-13-11-21)20-17-7-3-5-15-4-1-2-6-16(15)17;3-1(4)2(5)6/h1-7,19H,8-14H2,(H,20,22);(H,3,4)(H,5,6). The fraction of sp³-hybridized carbons (Fsp3) is 0.350. The second-order valence-electron chi connectivity index (χ2n) is 6.32. The average molecular weight is 403 g/mol. The summed E-state index contributed by atoms with van der Waals surface area (Å²) in [5.74, 6) is -3.66. The Hall–Kier alpha value is -3.01. The number of rotatable bonds is 6. The van der Waals surface area contributed by atoms with Gasteiger partial charge in [-0.3, -0.25) is 9.69 Å². The normalized spacial score (nSPS) is 13.9. The van der Waals surface area contributed by atoms with Gasteiger partial charge in [0.15, 0.2) is 0 Å². The van der Waals surface area contributed by atoms with Crippen LogP contribution in [0.1, 0.15) is 0 Å². The monoisotopic (exact) mass is 403 g/mol. The van der Waals surface area contributed by atoms with Gasteiger partial charge in [0, 0.05) is 37.3 Å². The second kappa shape index (κ2) is 11.7. The molecule has 0 aliphatic carbocycles. The Balaban J connectivity index is 0.000000438. The van der Waals surface area contributed by atoms with Crippen LogP contribution in [0.2, 0.25) is 0 Å². The van der Waals surface area contributed by atoms with Gasteiger partial charge >= 0.3 is 11.9 Å². The molecule has 0 bridgehead atoms. The molecule has 156 valence electrons. The summed E-state index contributed by atoms with van der Waals surface area (Å²) in [4.78, 5) is 32.6. The van der Waals surface area contributed by atoms with Crippen LogP contribution in [-0.2, 0) is 19.1 Å². The van der Waals surface area contributed by atoms with E-state index in [2.05, 4.69) is 15.5 Å². The maximum atomic E-state index is 12.1. The molecule has 1 heterocycles. The third-order valence-corrected chi connectivity index (χ3v) is 4.24. The zero-order valence-corrected chi connectivity index (χ0v) is 16.0. The van der Waals surface area contributed by atoms with Gasteiger partial charge < -0.3 is 25.6 Å². The van der Waals surface area contributed by atoms with Crippen molar-refractivity contribution in [2.24, 2.45) is 0 Å². The molecule has 0 unspecified atom stereocenters. The molecular weight excluding hydrogens is 378 g/mol. The highest BCUT2D eigenvalue weighted by Gasteiger charge is 2.10. The van der Waals surface area contributed by atoms with E-state index in [1.165, 1.54) is 0 Å². The SMILES string of the molecule is O=C(CNCCN1CCOCC1)Nc1cccc2ccccc12.O=C(O)C(=O)O. The van der Waals surface area contributed by atoms with Crippen LogP contribution < -0.4 is 10.6 Å². The molecule has 9 heteroatoms. The minimum atomic E-state index is -1.82. The third kappa shape index (κ3) is 7.86. The van der Waals surface area contributed by atoms with Gasteiger partial charge in [0.05, 0.1) is 19.8 Å². The Morgan fingerprint density at radius 3 is 2.31 bits per heavy atom. The first-order valence-electron chi connectivity index (χ1n) is 9.22. The first kappa shape index (κ1) is 22.3. The number of ether oxygens (including phenoxy) is 1. The number of carbonyl (C=O) groups is 3. The molecule has 1 amide bonds. The highest BCUT2D eigenvalue weighted by Crippen LogP contribution is 2.22. The number of hydrogen-bond donors (Lipinski definition) is 4. The Morgan fingerprint density at radius 2 is 1.62 bits per heavy atom. The van der Waals surface area contributed by atoms with E-state index in [1.807, 2.05) is 42.5 Å². The number of carboxylic acid groups (broad SMARTS) is 2. The number of carbonyl (C=O) groups excluding carboxylic acids is 1. The average Bonchev–Trinajstić information content (AvgIpc) is 2.73. The molecule has 1 saturated heterocycles. The molecule has 0 aromatic heterocycles. The number of nitrogens with zero attached hydrogens (tertiary/aromatic N) is 1. The first-order chi connectivity index (χ1) is 14.0. The summed E-state index contributed by atoms with van der Waals surface area (Å²) >= 11 is 0. The molecule has 2 aromatic rings. The van der Waals surface area contributed by atoms with Crippen LogP contribution in [0.25, 0.3) is 10.8 Å². The molecule has 0 atom stereocenters. The molecule has 1 fully saturated rings. The molecule has 1 aliphatic heterocycles. The highest BCUT2D eigenvalue weighted by molar-refractivity contribution is 6.27. The van der Waals surface area contributed by atoms with Gasteiger partial charge in [-0.15, -0.1) is 0 Å². The van der Waals surface area contributed by atoms with Gasteiger partial charge in [-0.1, -0.05) is 36.4 Å². The van der Waals surface area contributed by atoms with Gasteiger partial charge in [0.2, 0.25) is 5.91 Å². The van der Waals surface area contributed by atoms with Crippen molar-refractivity contribution >= 4 is 34.3 Å². The lowest BCUT2D eigenvalue weighted by molar-refractivity contribution is -0.159. The maximum absolute atomic E-state index is 12.1. The summed E-state index contributed by atoms with van der Waals surface area (Å²) < 4.78 is 5.32. The van der Waals surface area contributed by atoms with E-state index in [9.17, 15) is 4.79 Å². The molecular formula is C20H25N3O6. The summed E-state index contributed by atoms with van der Waals surface area (Å²) in [5.41, 5.74) is 0.864. The second-order valence-corrected chi connectivity index (χ2v) is 6.32. The van der Waals surface area contributed by atoms with E-state index in [4.69, 9.17) is 24.5 Å². The van der Waals surface area contributed by atoms with Gasteiger partial charge in [-0.2, -0.15) is 0 Å². The summed E-state index contributed by atoms with van der Waals surface area (Å²) in [6, 6.07) is 14.0. The van der Waals surface area contributed by atoms with E-state index in [0.29, 0.717) is 6.54 Å².